The van der Waals surface area contributed by atoms with E-state index in [-0.39, 0.29) is 0 Å². The molecular formula is C11H13N3OS. The number of para-hydroxylation sites is 2. The highest BCUT2D eigenvalue weighted by Gasteiger charge is 2.10. The van der Waals surface area contributed by atoms with E-state index < -0.39 is 0 Å². The number of ether oxygens (including phenoxy) is 1. The van der Waals surface area contributed by atoms with Gasteiger partial charge in [-0.1, -0.05) is 12.1 Å². The Morgan fingerprint density at radius 2 is 2.12 bits per heavy atom. The molecule has 5 heteroatoms. The van der Waals surface area contributed by atoms with Crippen LogP contribution in [0.3, 0.4) is 0 Å². The Morgan fingerprint density at radius 3 is 2.75 bits per heavy atom. The molecule has 0 saturated carbocycles. The van der Waals surface area contributed by atoms with Gasteiger partial charge < -0.3 is 10.5 Å². The van der Waals surface area contributed by atoms with Gasteiger partial charge in [0.05, 0.1) is 7.11 Å². The number of nitrogens with zero attached hydrogens (tertiary/aromatic N) is 2. The quantitative estimate of drug-likeness (QED) is 0.828. The number of methoxy groups -OCH3 is 1. The van der Waals surface area contributed by atoms with Crippen LogP contribution in [0.2, 0.25) is 0 Å². The summed E-state index contributed by atoms with van der Waals surface area (Å²) in [4.78, 5) is 0. The van der Waals surface area contributed by atoms with Crippen LogP contribution in [0.5, 0.6) is 5.75 Å². The minimum atomic E-state index is 0.605. The standard InChI is InChI=1S/C11H13N3OS/c1-15-9-6-4-3-5-8(9)14-10(12)7-11(13-14)16-2/h3-7H,12H2,1-2H3. The van der Waals surface area contributed by atoms with Gasteiger partial charge in [0.25, 0.3) is 0 Å². The number of rotatable bonds is 3. The number of benzene rings is 1. The Balaban J connectivity index is 2.53. The Bertz CT molecular complexity index is 496. The van der Waals surface area contributed by atoms with Crippen molar-refractivity contribution in [2.24, 2.45) is 0 Å². The molecule has 2 aromatic rings. The maximum atomic E-state index is 5.90. The largest absolute Gasteiger partial charge is 0.494 e. The summed E-state index contributed by atoms with van der Waals surface area (Å²) >= 11 is 1.56. The molecule has 0 saturated heterocycles. The minimum absolute atomic E-state index is 0.605. The molecule has 2 N–H and O–H groups in total. The maximum Gasteiger partial charge on any atom is 0.144 e. The van der Waals surface area contributed by atoms with E-state index in [0.29, 0.717) is 5.82 Å². The van der Waals surface area contributed by atoms with E-state index in [1.165, 1.54) is 0 Å². The summed E-state index contributed by atoms with van der Waals surface area (Å²) < 4.78 is 6.96. The highest BCUT2D eigenvalue weighted by molar-refractivity contribution is 7.98. The van der Waals surface area contributed by atoms with Crippen LogP contribution in [0, 0.1) is 0 Å². The van der Waals surface area contributed by atoms with Crippen LogP contribution in [0.4, 0.5) is 5.82 Å². The fourth-order valence-electron chi connectivity index (χ4n) is 1.47. The molecule has 0 unspecified atom stereocenters. The topological polar surface area (TPSA) is 53.1 Å². The van der Waals surface area contributed by atoms with Gasteiger partial charge in [-0.3, -0.25) is 0 Å². The average Bonchev–Trinajstić information content (AvgIpc) is 2.70. The molecule has 0 fully saturated rings. The lowest BCUT2D eigenvalue weighted by Gasteiger charge is -2.08. The summed E-state index contributed by atoms with van der Waals surface area (Å²) in [6, 6.07) is 9.49. The first-order valence-corrected chi connectivity index (χ1v) is 6.01. The Labute approximate surface area is 98.4 Å². The number of aromatic nitrogens is 2. The Kier molecular flexibility index (Phi) is 3.05. The molecule has 1 aromatic carbocycles. The van der Waals surface area contributed by atoms with Crippen molar-refractivity contribution < 1.29 is 4.74 Å². The molecule has 1 aromatic heterocycles. The molecule has 4 nitrogen and oxygen atoms in total. The summed E-state index contributed by atoms with van der Waals surface area (Å²) in [6.45, 7) is 0. The van der Waals surface area contributed by atoms with Gasteiger partial charge in [0.1, 0.15) is 22.3 Å². The van der Waals surface area contributed by atoms with Crippen LogP contribution in [0.25, 0.3) is 5.69 Å². The lowest BCUT2D eigenvalue weighted by molar-refractivity contribution is 0.411. The molecular weight excluding hydrogens is 222 g/mol. The predicted molar refractivity (Wildman–Crippen MR) is 66.3 cm³/mol. The molecule has 0 aliphatic heterocycles. The first-order valence-electron chi connectivity index (χ1n) is 4.79. The minimum Gasteiger partial charge on any atom is -0.494 e. The zero-order valence-electron chi connectivity index (χ0n) is 9.18. The van der Waals surface area contributed by atoms with Crippen LogP contribution >= 0.6 is 11.8 Å². The summed E-state index contributed by atoms with van der Waals surface area (Å²) in [5.74, 6) is 1.36. The van der Waals surface area contributed by atoms with Crippen molar-refractivity contribution in [3.8, 4) is 11.4 Å². The van der Waals surface area contributed by atoms with Gasteiger partial charge in [0, 0.05) is 6.07 Å². The van der Waals surface area contributed by atoms with Crippen molar-refractivity contribution in [3.63, 3.8) is 0 Å². The first-order chi connectivity index (χ1) is 7.76. The van der Waals surface area contributed by atoms with Crippen LogP contribution in [-0.2, 0) is 0 Å². The highest BCUT2D eigenvalue weighted by Crippen LogP contribution is 2.26. The van der Waals surface area contributed by atoms with Crippen molar-refractivity contribution in [2.45, 2.75) is 5.03 Å². The SMILES string of the molecule is COc1ccccc1-n1nc(SC)cc1N. The fourth-order valence-corrected chi connectivity index (χ4v) is 1.87. The van der Waals surface area contributed by atoms with Gasteiger partial charge >= 0.3 is 0 Å². The summed E-state index contributed by atoms with van der Waals surface area (Å²) in [5.41, 5.74) is 6.75. The van der Waals surface area contributed by atoms with E-state index >= 15 is 0 Å². The van der Waals surface area contributed by atoms with Crippen molar-refractivity contribution in [1.29, 1.82) is 0 Å². The smallest absolute Gasteiger partial charge is 0.144 e. The third-order valence-corrected chi connectivity index (χ3v) is 2.85. The molecule has 0 amide bonds. The number of anilines is 1. The molecule has 0 aliphatic rings. The summed E-state index contributed by atoms with van der Waals surface area (Å²) in [6.07, 6.45) is 1.97. The molecule has 2 rings (SSSR count). The first kappa shape index (κ1) is 10.9. The van der Waals surface area contributed by atoms with E-state index in [1.807, 2.05) is 36.6 Å². The number of hydrogen-bond donors (Lipinski definition) is 1. The molecule has 1 heterocycles. The highest BCUT2D eigenvalue weighted by atomic mass is 32.2. The monoisotopic (exact) mass is 235 g/mol. The van der Waals surface area contributed by atoms with Crippen LogP contribution in [0.1, 0.15) is 0 Å². The third kappa shape index (κ3) is 1.86. The van der Waals surface area contributed by atoms with Gasteiger partial charge in [0.15, 0.2) is 0 Å². The fraction of sp³-hybridized carbons (Fsp3) is 0.182. The molecule has 0 radical (unpaired) electrons. The summed E-state index contributed by atoms with van der Waals surface area (Å²) in [7, 11) is 1.63. The van der Waals surface area contributed by atoms with Crippen LogP contribution < -0.4 is 10.5 Å². The number of nitrogen functional groups attached to an aromatic ring is 1. The molecule has 16 heavy (non-hydrogen) atoms. The molecule has 0 spiro atoms. The predicted octanol–water partition coefficient (Wildman–Crippen LogP) is 2.19. The lowest BCUT2D eigenvalue weighted by Crippen LogP contribution is -2.03. The molecule has 0 atom stereocenters. The van der Waals surface area contributed by atoms with Crippen LogP contribution in [0.15, 0.2) is 35.4 Å². The molecule has 84 valence electrons. The zero-order valence-corrected chi connectivity index (χ0v) is 9.99. The zero-order chi connectivity index (χ0) is 11.5. The lowest BCUT2D eigenvalue weighted by atomic mass is 10.3. The van der Waals surface area contributed by atoms with Gasteiger partial charge in [-0.2, -0.15) is 5.10 Å². The van der Waals surface area contributed by atoms with Gasteiger partial charge in [-0.25, -0.2) is 4.68 Å². The van der Waals surface area contributed by atoms with Gasteiger partial charge in [0.2, 0.25) is 0 Å². The van der Waals surface area contributed by atoms with Gasteiger partial charge in [-0.15, -0.1) is 11.8 Å². The van der Waals surface area contributed by atoms with Crippen molar-refractivity contribution in [3.05, 3.63) is 30.3 Å². The Hall–Kier alpha value is -1.62. The second kappa shape index (κ2) is 4.49. The summed E-state index contributed by atoms with van der Waals surface area (Å²) in [5, 5.41) is 5.27. The van der Waals surface area contributed by atoms with E-state index in [4.69, 9.17) is 10.5 Å². The van der Waals surface area contributed by atoms with Gasteiger partial charge in [-0.05, 0) is 18.4 Å². The second-order valence-corrected chi connectivity index (χ2v) is 4.02. The molecule has 0 bridgehead atoms. The number of thioether (sulfide) groups is 1. The van der Waals surface area contributed by atoms with Crippen molar-refractivity contribution in [1.82, 2.24) is 9.78 Å². The second-order valence-electron chi connectivity index (χ2n) is 3.20. The van der Waals surface area contributed by atoms with Crippen molar-refractivity contribution >= 4 is 17.6 Å². The molecule has 0 aliphatic carbocycles. The number of hydrogen-bond acceptors (Lipinski definition) is 4. The van der Waals surface area contributed by atoms with E-state index in [1.54, 1.807) is 23.6 Å². The normalized spacial score (nSPS) is 10.4. The Morgan fingerprint density at radius 1 is 1.38 bits per heavy atom. The maximum absolute atomic E-state index is 5.90. The van der Waals surface area contributed by atoms with Crippen molar-refractivity contribution in [2.75, 3.05) is 19.1 Å². The van der Waals surface area contributed by atoms with E-state index in [2.05, 4.69) is 5.10 Å². The van der Waals surface area contributed by atoms with E-state index in [9.17, 15) is 0 Å². The van der Waals surface area contributed by atoms with Crippen LogP contribution in [-0.4, -0.2) is 23.1 Å². The third-order valence-electron chi connectivity index (χ3n) is 2.24. The average molecular weight is 235 g/mol. The number of nitrogens with two attached hydrogens (primary N) is 1. The van der Waals surface area contributed by atoms with E-state index in [0.717, 1.165) is 16.5 Å².